The van der Waals surface area contributed by atoms with Crippen LogP contribution in [0.15, 0.2) is 66.7 Å². The molecule has 0 aliphatic carbocycles. The number of methoxy groups -OCH3 is 1. The molecule has 0 unspecified atom stereocenters. The number of hydrogen-bond acceptors (Lipinski definition) is 4. The minimum Gasteiger partial charge on any atom is -0.497 e. The van der Waals surface area contributed by atoms with Crippen molar-refractivity contribution in [2.75, 3.05) is 19.4 Å². The van der Waals surface area contributed by atoms with Crippen LogP contribution < -0.4 is 9.46 Å². The molecule has 0 radical (unpaired) electrons. The molecule has 0 spiro atoms. The summed E-state index contributed by atoms with van der Waals surface area (Å²) < 4.78 is 32.2. The van der Waals surface area contributed by atoms with Crippen molar-refractivity contribution in [1.29, 1.82) is 0 Å². The SMILES string of the molecule is COc1ccc(CCS(=O)(=O)NC[C@@H](O)c2cccc3ccccc23)cc1. The van der Waals surface area contributed by atoms with Crippen LogP contribution in [0.3, 0.4) is 0 Å². The maximum atomic E-state index is 12.3. The number of aliphatic hydroxyl groups is 1. The largest absolute Gasteiger partial charge is 0.497 e. The molecule has 3 rings (SSSR count). The van der Waals surface area contributed by atoms with Crippen molar-refractivity contribution in [3.8, 4) is 5.75 Å². The van der Waals surface area contributed by atoms with Crippen LogP contribution in [0.4, 0.5) is 0 Å². The van der Waals surface area contributed by atoms with Crippen LogP contribution in [0.1, 0.15) is 17.2 Å². The van der Waals surface area contributed by atoms with Crippen molar-refractivity contribution in [2.24, 2.45) is 0 Å². The molecule has 142 valence electrons. The lowest BCUT2D eigenvalue weighted by Crippen LogP contribution is -2.31. The molecule has 5 nitrogen and oxygen atoms in total. The van der Waals surface area contributed by atoms with Gasteiger partial charge in [-0.15, -0.1) is 0 Å². The first-order valence-electron chi connectivity index (χ1n) is 8.74. The highest BCUT2D eigenvalue weighted by Gasteiger charge is 2.16. The molecule has 0 heterocycles. The normalized spacial score (nSPS) is 12.8. The molecule has 0 saturated carbocycles. The first-order chi connectivity index (χ1) is 13.0. The molecule has 0 aromatic heterocycles. The zero-order chi connectivity index (χ0) is 19.3. The second-order valence-electron chi connectivity index (χ2n) is 6.35. The number of nitrogens with one attached hydrogen (secondary N) is 1. The van der Waals surface area contributed by atoms with E-state index in [4.69, 9.17) is 4.74 Å². The smallest absolute Gasteiger partial charge is 0.212 e. The third-order valence-electron chi connectivity index (χ3n) is 4.50. The fourth-order valence-corrected chi connectivity index (χ4v) is 4.03. The summed E-state index contributed by atoms with van der Waals surface area (Å²) in [5.74, 6) is 0.694. The number of hydrogen-bond donors (Lipinski definition) is 2. The second-order valence-corrected chi connectivity index (χ2v) is 8.28. The third kappa shape index (κ3) is 5.07. The number of aryl methyl sites for hydroxylation is 1. The van der Waals surface area contributed by atoms with Gasteiger partial charge in [-0.2, -0.15) is 0 Å². The van der Waals surface area contributed by atoms with Crippen LogP contribution in [0.2, 0.25) is 0 Å². The molecule has 2 N–H and O–H groups in total. The van der Waals surface area contributed by atoms with E-state index in [1.807, 2.05) is 54.6 Å². The van der Waals surface area contributed by atoms with Gasteiger partial charge >= 0.3 is 0 Å². The predicted molar refractivity (Wildman–Crippen MR) is 107 cm³/mol. The van der Waals surface area contributed by atoms with Crippen molar-refractivity contribution < 1.29 is 18.3 Å². The molecular weight excluding hydrogens is 362 g/mol. The Morgan fingerprint density at radius 3 is 2.44 bits per heavy atom. The van der Waals surface area contributed by atoms with Crippen LogP contribution >= 0.6 is 0 Å². The van der Waals surface area contributed by atoms with Gasteiger partial charge in [0, 0.05) is 6.54 Å². The summed E-state index contributed by atoms with van der Waals surface area (Å²) in [5, 5.41) is 12.4. The fourth-order valence-electron chi connectivity index (χ4n) is 2.97. The average molecular weight is 385 g/mol. The van der Waals surface area contributed by atoms with Crippen LogP contribution in [-0.2, 0) is 16.4 Å². The van der Waals surface area contributed by atoms with E-state index in [9.17, 15) is 13.5 Å². The fraction of sp³-hybridized carbons (Fsp3) is 0.238. The van der Waals surface area contributed by atoms with Crippen molar-refractivity contribution in [3.05, 3.63) is 77.9 Å². The van der Waals surface area contributed by atoms with Gasteiger partial charge in [0.2, 0.25) is 10.0 Å². The molecule has 27 heavy (non-hydrogen) atoms. The molecule has 3 aromatic carbocycles. The van der Waals surface area contributed by atoms with E-state index in [1.54, 1.807) is 19.2 Å². The topological polar surface area (TPSA) is 75.6 Å². The highest BCUT2D eigenvalue weighted by molar-refractivity contribution is 7.89. The van der Waals surface area contributed by atoms with E-state index in [0.717, 1.165) is 22.1 Å². The standard InChI is InChI=1S/C21H23NO4S/c1-26-18-11-9-16(10-12-18)13-14-27(24,25)22-15-21(23)20-8-4-6-17-5-2-3-7-19(17)20/h2-12,21-23H,13-15H2,1H3/t21-/m1/s1. The van der Waals surface area contributed by atoms with Gasteiger partial charge in [0.1, 0.15) is 5.75 Å². The summed E-state index contributed by atoms with van der Waals surface area (Å²) in [5.41, 5.74) is 1.63. The van der Waals surface area contributed by atoms with Crippen LogP contribution in [0.25, 0.3) is 10.8 Å². The lowest BCUT2D eigenvalue weighted by atomic mass is 10.0. The average Bonchev–Trinajstić information content (AvgIpc) is 2.70. The van der Waals surface area contributed by atoms with E-state index in [1.165, 1.54) is 0 Å². The molecule has 3 aromatic rings. The minimum absolute atomic E-state index is 0.0401. The Kier molecular flexibility index (Phi) is 6.11. The Morgan fingerprint density at radius 2 is 1.70 bits per heavy atom. The van der Waals surface area contributed by atoms with Crippen molar-refractivity contribution in [2.45, 2.75) is 12.5 Å². The zero-order valence-electron chi connectivity index (χ0n) is 15.1. The second kappa shape index (κ2) is 8.52. The molecule has 6 heteroatoms. The van der Waals surface area contributed by atoms with E-state index < -0.39 is 16.1 Å². The van der Waals surface area contributed by atoms with Gasteiger partial charge in [-0.3, -0.25) is 0 Å². The van der Waals surface area contributed by atoms with E-state index in [2.05, 4.69) is 4.72 Å². The molecule has 0 aliphatic heterocycles. The zero-order valence-corrected chi connectivity index (χ0v) is 15.9. The van der Waals surface area contributed by atoms with E-state index in [-0.39, 0.29) is 12.3 Å². The number of rotatable bonds is 8. The summed E-state index contributed by atoms with van der Waals surface area (Å²) >= 11 is 0. The maximum Gasteiger partial charge on any atom is 0.212 e. The van der Waals surface area contributed by atoms with Crippen LogP contribution in [0, 0.1) is 0 Å². The lowest BCUT2D eigenvalue weighted by molar-refractivity contribution is 0.183. The molecule has 1 atom stereocenters. The summed E-state index contributed by atoms with van der Waals surface area (Å²) in [6, 6.07) is 20.7. The molecular formula is C21H23NO4S. The molecule has 0 fully saturated rings. The summed E-state index contributed by atoms with van der Waals surface area (Å²) in [4.78, 5) is 0. The lowest BCUT2D eigenvalue weighted by Gasteiger charge is -2.15. The number of aliphatic hydroxyl groups excluding tert-OH is 1. The first-order valence-corrected chi connectivity index (χ1v) is 10.4. The first kappa shape index (κ1) is 19.4. The highest BCUT2D eigenvalue weighted by Crippen LogP contribution is 2.24. The van der Waals surface area contributed by atoms with Gasteiger partial charge < -0.3 is 9.84 Å². The molecule has 0 aliphatic rings. The summed E-state index contributed by atoms with van der Waals surface area (Å²) in [6.07, 6.45) is -0.518. The Balaban J connectivity index is 1.60. The van der Waals surface area contributed by atoms with Crippen LogP contribution in [-0.4, -0.2) is 32.9 Å². The van der Waals surface area contributed by atoms with Crippen LogP contribution in [0.5, 0.6) is 5.75 Å². The quantitative estimate of drug-likeness (QED) is 0.625. The van der Waals surface area contributed by atoms with Crippen molar-refractivity contribution in [3.63, 3.8) is 0 Å². The number of fused-ring (bicyclic) bond motifs is 1. The number of benzene rings is 3. The summed E-state index contributed by atoms with van der Waals surface area (Å²) in [6.45, 7) is -0.0566. The van der Waals surface area contributed by atoms with E-state index in [0.29, 0.717) is 12.0 Å². The van der Waals surface area contributed by atoms with Gasteiger partial charge in [0.25, 0.3) is 0 Å². The van der Waals surface area contributed by atoms with Gasteiger partial charge in [0.05, 0.1) is 19.0 Å². The third-order valence-corrected chi connectivity index (χ3v) is 5.85. The Morgan fingerprint density at radius 1 is 1.00 bits per heavy atom. The van der Waals surface area contributed by atoms with E-state index >= 15 is 0 Å². The maximum absolute atomic E-state index is 12.3. The Hall–Kier alpha value is -2.41. The summed E-state index contributed by atoms with van der Waals surface area (Å²) in [7, 11) is -1.91. The molecule has 0 bridgehead atoms. The van der Waals surface area contributed by atoms with Gasteiger partial charge in [-0.05, 0) is 40.5 Å². The monoisotopic (exact) mass is 385 g/mol. The van der Waals surface area contributed by atoms with Crippen molar-refractivity contribution in [1.82, 2.24) is 4.72 Å². The predicted octanol–water partition coefficient (Wildman–Crippen LogP) is 3.04. The van der Waals surface area contributed by atoms with Gasteiger partial charge in [-0.25, -0.2) is 13.1 Å². The molecule has 0 saturated heterocycles. The Bertz CT molecular complexity index is 995. The number of ether oxygens (including phenoxy) is 1. The highest BCUT2D eigenvalue weighted by atomic mass is 32.2. The number of sulfonamides is 1. The van der Waals surface area contributed by atoms with Gasteiger partial charge in [-0.1, -0.05) is 54.6 Å². The minimum atomic E-state index is -3.49. The van der Waals surface area contributed by atoms with Gasteiger partial charge in [0.15, 0.2) is 0 Å². The van der Waals surface area contributed by atoms with Crippen molar-refractivity contribution >= 4 is 20.8 Å². The Labute approximate surface area is 159 Å². The molecule has 0 amide bonds.